The Hall–Kier alpha value is -6.16. The monoisotopic (exact) mass is 642 g/mol. The van der Waals surface area contributed by atoms with Gasteiger partial charge in [-0.05, 0) is 71.1 Å². The molecule has 0 aliphatic rings. The van der Waals surface area contributed by atoms with Gasteiger partial charge in [0.2, 0.25) is 0 Å². The van der Waals surface area contributed by atoms with Gasteiger partial charge in [0, 0.05) is 48.7 Å². The third kappa shape index (κ3) is 4.47. The molecule has 2 nitrogen and oxygen atoms in total. The number of thiophene rings is 1. The Balaban J connectivity index is 1.25. The summed E-state index contributed by atoms with van der Waals surface area (Å²) < 4.78 is 5.02. The molecule has 0 atom stereocenters. The topological polar surface area (TPSA) is 8.17 Å². The predicted octanol–water partition coefficient (Wildman–Crippen LogP) is 13.4. The molecule has 0 aliphatic heterocycles. The van der Waals surface area contributed by atoms with Crippen molar-refractivity contribution in [2.75, 3.05) is 4.90 Å². The van der Waals surface area contributed by atoms with E-state index < -0.39 is 0 Å². The van der Waals surface area contributed by atoms with Crippen LogP contribution in [0.2, 0.25) is 0 Å². The fraction of sp³-hybridized carbons (Fsp3) is 0. The summed E-state index contributed by atoms with van der Waals surface area (Å²) in [6, 6.07) is 66.1. The van der Waals surface area contributed by atoms with E-state index in [1.807, 2.05) is 11.3 Å². The Morgan fingerprint density at radius 2 is 1.10 bits per heavy atom. The van der Waals surface area contributed by atoms with Crippen LogP contribution in [-0.4, -0.2) is 4.57 Å². The number of para-hydroxylation sites is 1. The van der Waals surface area contributed by atoms with Crippen molar-refractivity contribution < 1.29 is 0 Å². The lowest BCUT2D eigenvalue weighted by Gasteiger charge is -2.26. The molecular formula is C46H30N2S. The van der Waals surface area contributed by atoms with Crippen molar-refractivity contribution in [2.45, 2.75) is 0 Å². The first kappa shape index (κ1) is 27.9. The van der Waals surface area contributed by atoms with Crippen molar-refractivity contribution in [3.05, 3.63) is 182 Å². The Morgan fingerprint density at radius 3 is 1.94 bits per heavy atom. The lowest BCUT2D eigenvalue weighted by atomic mass is 10.0. The fourth-order valence-electron chi connectivity index (χ4n) is 7.52. The highest BCUT2D eigenvalue weighted by Crippen LogP contribution is 2.46. The SMILES string of the molecule is c1ccc(-c2ccc(N(c3ccc4c(c3)c3ccc5ccccc5c3n4-c3ccccc3)c3cccc4c3sc3ccccc34)cc2)cc1. The highest BCUT2D eigenvalue weighted by molar-refractivity contribution is 7.26. The summed E-state index contributed by atoms with van der Waals surface area (Å²) in [5, 5.41) is 7.57. The molecule has 0 aliphatic carbocycles. The number of fused-ring (bicyclic) bond motifs is 8. The minimum absolute atomic E-state index is 1.13. The van der Waals surface area contributed by atoms with Gasteiger partial charge in [0.25, 0.3) is 0 Å². The van der Waals surface area contributed by atoms with Crippen LogP contribution in [0.1, 0.15) is 0 Å². The van der Waals surface area contributed by atoms with Crippen LogP contribution in [0.3, 0.4) is 0 Å². The molecule has 230 valence electrons. The van der Waals surface area contributed by atoms with Crippen molar-refractivity contribution in [1.82, 2.24) is 4.57 Å². The molecule has 2 heterocycles. The number of rotatable bonds is 5. The molecule has 10 aromatic rings. The predicted molar refractivity (Wildman–Crippen MR) is 211 cm³/mol. The molecule has 0 radical (unpaired) electrons. The minimum Gasteiger partial charge on any atom is -0.309 e. The summed E-state index contributed by atoms with van der Waals surface area (Å²) >= 11 is 1.87. The highest BCUT2D eigenvalue weighted by atomic mass is 32.1. The van der Waals surface area contributed by atoms with Crippen LogP contribution in [0.25, 0.3) is 69.6 Å². The number of anilines is 3. The van der Waals surface area contributed by atoms with Crippen molar-refractivity contribution in [2.24, 2.45) is 0 Å². The molecule has 0 saturated heterocycles. The summed E-state index contributed by atoms with van der Waals surface area (Å²) in [7, 11) is 0. The van der Waals surface area contributed by atoms with E-state index in [1.165, 1.54) is 69.6 Å². The van der Waals surface area contributed by atoms with E-state index in [-0.39, 0.29) is 0 Å². The van der Waals surface area contributed by atoms with Gasteiger partial charge >= 0.3 is 0 Å². The van der Waals surface area contributed by atoms with Crippen LogP contribution in [-0.2, 0) is 0 Å². The van der Waals surface area contributed by atoms with Crippen molar-refractivity contribution in [1.29, 1.82) is 0 Å². The van der Waals surface area contributed by atoms with Gasteiger partial charge in [-0.2, -0.15) is 0 Å². The number of hydrogen-bond acceptors (Lipinski definition) is 2. The largest absolute Gasteiger partial charge is 0.309 e. The second-order valence-corrected chi connectivity index (χ2v) is 13.6. The molecule has 0 N–H and O–H groups in total. The fourth-order valence-corrected chi connectivity index (χ4v) is 8.73. The molecule has 3 heteroatoms. The molecule has 0 unspecified atom stereocenters. The second-order valence-electron chi connectivity index (χ2n) is 12.6. The first-order chi connectivity index (χ1) is 24.3. The van der Waals surface area contributed by atoms with Gasteiger partial charge < -0.3 is 9.47 Å². The standard InChI is InChI=1S/C46H30N2S/c1-3-12-31(13-4-1)32-22-25-35(26-23-32)47(43-20-11-19-40-38-18-9-10-21-44(38)49-46(40)43)36-27-29-42-41(30-36)39-28-24-33-14-7-8-17-37(33)45(39)48(42)34-15-5-2-6-16-34/h1-30H. The highest BCUT2D eigenvalue weighted by Gasteiger charge is 2.21. The number of benzene rings is 8. The minimum atomic E-state index is 1.13. The van der Waals surface area contributed by atoms with Crippen LogP contribution in [0.4, 0.5) is 17.1 Å². The van der Waals surface area contributed by atoms with Crippen LogP contribution in [0, 0.1) is 0 Å². The third-order valence-corrected chi connectivity index (χ3v) is 11.0. The maximum absolute atomic E-state index is 2.44. The molecular weight excluding hydrogens is 613 g/mol. The Labute approximate surface area is 288 Å². The van der Waals surface area contributed by atoms with Crippen molar-refractivity contribution in [3.8, 4) is 16.8 Å². The summed E-state index contributed by atoms with van der Waals surface area (Å²) in [6.45, 7) is 0. The van der Waals surface area contributed by atoms with Gasteiger partial charge in [0.1, 0.15) is 0 Å². The van der Waals surface area contributed by atoms with E-state index in [9.17, 15) is 0 Å². The zero-order chi connectivity index (χ0) is 32.3. The van der Waals surface area contributed by atoms with E-state index in [2.05, 4.69) is 191 Å². The quantitative estimate of drug-likeness (QED) is 0.181. The molecule has 0 saturated carbocycles. The molecule has 0 bridgehead atoms. The number of nitrogens with zero attached hydrogens (tertiary/aromatic N) is 2. The van der Waals surface area contributed by atoms with E-state index in [0.29, 0.717) is 0 Å². The molecule has 2 aromatic heterocycles. The Kier molecular flexibility index (Phi) is 6.39. The number of hydrogen-bond donors (Lipinski definition) is 0. The number of aromatic nitrogens is 1. The van der Waals surface area contributed by atoms with Crippen molar-refractivity contribution in [3.63, 3.8) is 0 Å². The molecule has 0 amide bonds. The zero-order valence-corrected chi connectivity index (χ0v) is 27.4. The third-order valence-electron chi connectivity index (χ3n) is 9.77. The molecule has 49 heavy (non-hydrogen) atoms. The van der Waals surface area contributed by atoms with Gasteiger partial charge in [-0.15, -0.1) is 11.3 Å². The van der Waals surface area contributed by atoms with E-state index >= 15 is 0 Å². The summed E-state index contributed by atoms with van der Waals surface area (Å²) in [5.74, 6) is 0. The second kappa shape index (κ2) is 11.2. The first-order valence-electron chi connectivity index (χ1n) is 16.7. The van der Waals surface area contributed by atoms with Gasteiger partial charge in [0.15, 0.2) is 0 Å². The molecule has 8 aromatic carbocycles. The summed E-state index contributed by atoms with van der Waals surface area (Å²) in [6.07, 6.45) is 0. The Morgan fingerprint density at radius 1 is 0.429 bits per heavy atom. The molecule has 0 spiro atoms. The average Bonchev–Trinajstić information content (AvgIpc) is 3.72. The average molecular weight is 643 g/mol. The molecule has 0 fully saturated rings. The summed E-state index contributed by atoms with van der Waals surface area (Å²) in [4.78, 5) is 2.44. The Bertz CT molecular complexity index is 2810. The lowest BCUT2D eigenvalue weighted by Crippen LogP contribution is -2.10. The van der Waals surface area contributed by atoms with E-state index in [4.69, 9.17) is 0 Å². The van der Waals surface area contributed by atoms with Gasteiger partial charge in [-0.3, -0.25) is 0 Å². The van der Waals surface area contributed by atoms with E-state index in [1.54, 1.807) is 0 Å². The molecule has 10 rings (SSSR count). The van der Waals surface area contributed by atoms with Gasteiger partial charge in [0.05, 0.1) is 21.4 Å². The van der Waals surface area contributed by atoms with Crippen LogP contribution < -0.4 is 4.90 Å². The normalized spacial score (nSPS) is 11.7. The maximum atomic E-state index is 2.44. The van der Waals surface area contributed by atoms with Gasteiger partial charge in [-0.1, -0.05) is 127 Å². The van der Waals surface area contributed by atoms with Crippen molar-refractivity contribution >= 4 is 81.1 Å². The van der Waals surface area contributed by atoms with Gasteiger partial charge in [-0.25, -0.2) is 0 Å². The van der Waals surface area contributed by atoms with E-state index in [0.717, 1.165) is 17.1 Å². The van der Waals surface area contributed by atoms with Crippen LogP contribution in [0.15, 0.2) is 182 Å². The smallest absolute Gasteiger partial charge is 0.0640 e. The zero-order valence-electron chi connectivity index (χ0n) is 26.6. The first-order valence-corrected chi connectivity index (χ1v) is 17.5. The van der Waals surface area contributed by atoms with Crippen LogP contribution in [0.5, 0.6) is 0 Å². The summed E-state index contributed by atoms with van der Waals surface area (Å²) in [5.41, 5.74) is 9.46. The maximum Gasteiger partial charge on any atom is 0.0640 e. The lowest BCUT2D eigenvalue weighted by molar-refractivity contribution is 1.18. The van der Waals surface area contributed by atoms with Crippen LogP contribution >= 0.6 is 11.3 Å².